The molecule has 0 aliphatic rings. The van der Waals surface area contributed by atoms with Crippen LogP contribution in [0.4, 0.5) is 17.1 Å². The third-order valence-electron chi connectivity index (χ3n) is 4.87. The number of hydrogen-bond donors (Lipinski definition) is 1. The molecule has 12 nitrogen and oxygen atoms in total. The second-order valence-electron chi connectivity index (χ2n) is 7.58. The van der Waals surface area contributed by atoms with Crippen LogP contribution in [0.5, 0.6) is 17.2 Å². The molecule has 1 N–H and O–H groups in total. The molecular formula is C24H19N5O7. The number of amides is 1. The number of nitrogens with one attached hydrogen (secondary N) is 1. The number of nitro groups is 2. The van der Waals surface area contributed by atoms with Gasteiger partial charge in [-0.2, -0.15) is 5.10 Å². The van der Waals surface area contributed by atoms with Crippen molar-refractivity contribution in [2.24, 2.45) is 0 Å². The summed E-state index contributed by atoms with van der Waals surface area (Å²) in [5.74, 6) is 0.0989. The Hall–Kier alpha value is -5.26. The maximum atomic E-state index is 12.7. The second kappa shape index (κ2) is 10.3. The Morgan fingerprint density at radius 2 is 1.78 bits per heavy atom. The van der Waals surface area contributed by atoms with Crippen LogP contribution in [0.1, 0.15) is 16.1 Å². The van der Waals surface area contributed by atoms with Gasteiger partial charge in [-0.3, -0.25) is 25.0 Å². The van der Waals surface area contributed by atoms with Gasteiger partial charge in [-0.25, -0.2) is 4.68 Å². The lowest BCUT2D eigenvalue weighted by molar-refractivity contribution is -0.386. The van der Waals surface area contributed by atoms with E-state index in [9.17, 15) is 25.0 Å². The summed E-state index contributed by atoms with van der Waals surface area (Å²) < 4.78 is 12.5. The van der Waals surface area contributed by atoms with E-state index in [1.807, 2.05) is 13.0 Å². The number of nitrogens with zero attached hydrogens (tertiary/aromatic N) is 4. The summed E-state index contributed by atoms with van der Waals surface area (Å²) >= 11 is 0. The van der Waals surface area contributed by atoms with E-state index >= 15 is 0 Å². The molecule has 0 unspecified atom stereocenters. The summed E-state index contributed by atoms with van der Waals surface area (Å²) in [5.41, 5.74) is 0.639. The van der Waals surface area contributed by atoms with Gasteiger partial charge in [0.25, 0.3) is 11.6 Å². The van der Waals surface area contributed by atoms with Crippen LogP contribution in [0.25, 0.3) is 0 Å². The number of aromatic nitrogens is 2. The van der Waals surface area contributed by atoms with E-state index in [4.69, 9.17) is 9.47 Å². The Morgan fingerprint density at radius 1 is 0.972 bits per heavy atom. The molecule has 0 fully saturated rings. The average molecular weight is 489 g/mol. The number of non-ortho nitro benzene ring substituents is 1. The highest BCUT2D eigenvalue weighted by atomic mass is 16.6. The fourth-order valence-corrected chi connectivity index (χ4v) is 3.25. The van der Waals surface area contributed by atoms with Crippen LogP contribution >= 0.6 is 0 Å². The van der Waals surface area contributed by atoms with Gasteiger partial charge in [0.1, 0.15) is 11.5 Å². The number of ether oxygens (including phenoxy) is 2. The second-order valence-corrected chi connectivity index (χ2v) is 7.58. The Morgan fingerprint density at radius 3 is 2.53 bits per heavy atom. The minimum atomic E-state index is -0.624. The van der Waals surface area contributed by atoms with Gasteiger partial charge in [0.15, 0.2) is 18.2 Å². The zero-order chi connectivity index (χ0) is 25.7. The van der Waals surface area contributed by atoms with Crippen LogP contribution in [0.2, 0.25) is 0 Å². The summed E-state index contributed by atoms with van der Waals surface area (Å²) in [6.07, 6.45) is 1.46. The van der Waals surface area contributed by atoms with Crippen LogP contribution in [-0.2, 0) is 6.73 Å². The van der Waals surface area contributed by atoms with Crippen LogP contribution < -0.4 is 14.8 Å². The first-order valence-corrected chi connectivity index (χ1v) is 10.5. The van der Waals surface area contributed by atoms with Gasteiger partial charge < -0.3 is 14.8 Å². The normalized spacial score (nSPS) is 10.5. The van der Waals surface area contributed by atoms with Crippen molar-refractivity contribution in [2.75, 3.05) is 5.32 Å². The van der Waals surface area contributed by atoms with Crippen molar-refractivity contribution in [3.05, 3.63) is 110 Å². The molecule has 1 amide bonds. The number of aryl methyl sites for hydroxylation is 1. The van der Waals surface area contributed by atoms with Crippen molar-refractivity contribution >= 4 is 23.0 Å². The molecule has 36 heavy (non-hydrogen) atoms. The minimum Gasteiger partial charge on any atom is -0.464 e. The average Bonchev–Trinajstić information content (AvgIpc) is 3.32. The van der Waals surface area contributed by atoms with Gasteiger partial charge in [-0.1, -0.05) is 24.3 Å². The van der Waals surface area contributed by atoms with E-state index < -0.39 is 15.8 Å². The quantitative estimate of drug-likeness (QED) is 0.252. The number of hydrogen-bond acceptors (Lipinski definition) is 8. The Bertz CT molecular complexity index is 1450. The lowest BCUT2D eigenvalue weighted by atomic mass is 10.2. The summed E-state index contributed by atoms with van der Waals surface area (Å²) in [5, 5.41) is 29.2. The highest BCUT2D eigenvalue weighted by Gasteiger charge is 2.17. The number of para-hydroxylation sites is 2. The number of anilines is 1. The molecule has 12 heteroatoms. The van der Waals surface area contributed by atoms with E-state index in [0.29, 0.717) is 5.75 Å². The van der Waals surface area contributed by atoms with Crippen LogP contribution in [-0.4, -0.2) is 25.5 Å². The van der Waals surface area contributed by atoms with Gasteiger partial charge in [-0.05, 0) is 36.8 Å². The van der Waals surface area contributed by atoms with Crippen molar-refractivity contribution in [2.45, 2.75) is 13.7 Å². The topological polar surface area (TPSA) is 152 Å². The van der Waals surface area contributed by atoms with Crippen molar-refractivity contribution in [1.82, 2.24) is 9.78 Å². The third-order valence-corrected chi connectivity index (χ3v) is 4.87. The molecule has 4 aromatic rings. The van der Waals surface area contributed by atoms with Gasteiger partial charge in [0.2, 0.25) is 0 Å². The first-order valence-electron chi connectivity index (χ1n) is 10.5. The summed E-state index contributed by atoms with van der Waals surface area (Å²) in [6, 6.07) is 18.4. The lowest BCUT2D eigenvalue weighted by Gasteiger charge is -2.09. The molecule has 0 atom stereocenters. The molecule has 0 spiro atoms. The number of rotatable bonds is 9. The van der Waals surface area contributed by atoms with E-state index in [1.165, 1.54) is 53.3 Å². The number of nitro benzene ring substituents is 2. The Balaban J connectivity index is 1.47. The summed E-state index contributed by atoms with van der Waals surface area (Å²) in [7, 11) is 0. The van der Waals surface area contributed by atoms with Crippen molar-refractivity contribution in [3.8, 4) is 17.2 Å². The van der Waals surface area contributed by atoms with Crippen molar-refractivity contribution in [3.63, 3.8) is 0 Å². The molecule has 4 rings (SSSR count). The molecule has 0 radical (unpaired) electrons. The third kappa shape index (κ3) is 5.80. The highest BCUT2D eigenvalue weighted by molar-refractivity contribution is 6.03. The smallest absolute Gasteiger partial charge is 0.311 e. The monoisotopic (exact) mass is 489 g/mol. The van der Waals surface area contributed by atoms with Crippen LogP contribution in [0.3, 0.4) is 0 Å². The lowest BCUT2D eigenvalue weighted by Crippen LogP contribution is -2.14. The largest absolute Gasteiger partial charge is 0.464 e. The predicted octanol–water partition coefficient (Wildman–Crippen LogP) is 5.09. The maximum absolute atomic E-state index is 12.7. The molecule has 182 valence electrons. The van der Waals surface area contributed by atoms with E-state index in [0.717, 1.165) is 5.56 Å². The molecule has 3 aromatic carbocycles. The maximum Gasteiger partial charge on any atom is 0.311 e. The molecule has 1 heterocycles. The number of carbonyl (C=O) groups excluding carboxylic acids is 1. The van der Waals surface area contributed by atoms with Gasteiger partial charge in [-0.15, -0.1) is 0 Å². The van der Waals surface area contributed by atoms with Gasteiger partial charge in [0, 0.05) is 24.4 Å². The highest BCUT2D eigenvalue weighted by Crippen LogP contribution is 2.30. The number of benzene rings is 3. The molecule has 0 bridgehead atoms. The summed E-state index contributed by atoms with van der Waals surface area (Å²) in [4.78, 5) is 34.1. The molecular weight excluding hydrogens is 470 g/mol. The van der Waals surface area contributed by atoms with E-state index in [1.54, 1.807) is 24.3 Å². The van der Waals surface area contributed by atoms with Crippen LogP contribution in [0.15, 0.2) is 79.0 Å². The number of carbonyl (C=O) groups is 1. The van der Waals surface area contributed by atoms with Gasteiger partial charge in [0.05, 0.1) is 21.6 Å². The fraction of sp³-hybridized carbons (Fsp3) is 0.0833. The molecule has 0 aliphatic carbocycles. The molecule has 0 saturated heterocycles. The van der Waals surface area contributed by atoms with Crippen LogP contribution in [0, 0.1) is 27.2 Å². The predicted molar refractivity (Wildman–Crippen MR) is 128 cm³/mol. The van der Waals surface area contributed by atoms with E-state index in [-0.39, 0.29) is 41.0 Å². The standard InChI is InChI=1S/C24H19N5O7/c1-16-5-4-6-19(11-16)36-20-13-17(12-18(14-20)28(31)32)25-24(30)21-9-10-27(26-21)15-35-23-8-3-2-7-22(23)29(33)34/h2-14H,15H2,1H3,(H,25,30). The minimum absolute atomic E-state index is 0.00817. The zero-order valence-corrected chi connectivity index (χ0v) is 18.9. The zero-order valence-electron chi connectivity index (χ0n) is 18.9. The van der Waals surface area contributed by atoms with Crippen molar-refractivity contribution < 1.29 is 24.1 Å². The van der Waals surface area contributed by atoms with Gasteiger partial charge >= 0.3 is 5.69 Å². The molecule has 1 aromatic heterocycles. The fourth-order valence-electron chi connectivity index (χ4n) is 3.25. The first kappa shape index (κ1) is 23.9. The van der Waals surface area contributed by atoms with E-state index in [2.05, 4.69) is 10.4 Å². The Kier molecular flexibility index (Phi) is 6.86. The SMILES string of the molecule is Cc1cccc(Oc2cc(NC(=O)c3ccn(COc4ccccc4[N+](=O)[O-])n3)cc([N+](=O)[O-])c2)c1. The Labute approximate surface area is 204 Å². The molecule has 0 aliphatic heterocycles. The van der Waals surface area contributed by atoms with Crippen molar-refractivity contribution in [1.29, 1.82) is 0 Å². The molecule has 0 saturated carbocycles. The summed E-state index contributed by atoms with van der Waals surface area (Å²) in [6.45, 7) is 1.71. The first-order chi connectivity index (χ1) is 17.3.